The molecule has 6 aliphatic rings. The van der Waals surface area contributed by atoms with Gasteiger partial charge < -0.3 is 4.90 Å². The van der Waals surface area contributed by atoms with Crippen molar-refractivity contribution in [1.82, 2.24) is 0 Å². The van der Waals surface area contributed by atoms with Crippen molar-refractivity contribution >= 4 is 16.9 Å². The van der Waals surface area contributed by atoms with Gasteiger partial charge in [-0.1, -0.05) is 186 Å². The van der Waals surface area contributed by atoms with Gasteiger partial charge in [0.05, 0.1) is 11.4 Å². The van der Waals surface area contributed by atoms with E-state index in [1.165, 1.54) is 127 Å². The van der Waals surface area contributed by atoms with Crippen molar-refractivity contribution in [3.8, 4) is 44.5 Å². The Balaban J connectivity index is 1.01. The molecule has 0 heterocycles. The van der Waals surface area contributed by atoms with Crippen LogP contribution in [0.25, 0.3) is 50.1 Å². The third-order valence-corrected chi connectivity index (χ3v) is 16.0. The minimum atomic E-state index is -0.0800. The predicted octanol–water partition coefficient (Wildman–Crippen LogP) is 15.9. The Morgan fingerprint density at radius 3 is 1.81 bits per heavy atom. The van der Waals surface area contributed by atoms with Gasteiger partial charge in [-0.25, -0.2) is 0 Å². The van der Waals surface area contributed by atoms with Gasteiger partial charge in [-0.15, -0.1) is 0 Å². The maximum Gasteiger partial charge on any atom is 0.0540 e. The number of nitrogens with zero attached hydrogens (tertiary/aromatic N) is 1. The maximum atomic E-state index is 2.64. The first-order valence-electron chi connectivity index (χ1n) is 23.0. The lowest BCUT2D eigenvalue weighted by molar-refractivity contribution is 0.348. The van der Waals surface area contributed by atoms with Crippen LogP contribution in [0.1, 0.15) is 93.2 Å². The monoisotopic (exact) mass is 797 g/mol. The minimum Gasteiger partial charge on any atom is -0.310 e. The first-order valence-corrected chi connectivity index (χ1v) is 23.0. The highest BCUT2D eigenvalue weighted by Crippen LogP contribution is 2.65. The van der Waals surface area contributed by atoms with Crippen molar-refractivity contribution in [2.24, 2.45) is 5.92 Å². The molecule has 1 saturated carbocycles. The molecule has 0 N–H and O–H groups in total. The number of benzene rings is 7. The maximum absolute atomic E-state index is 2.64. The summed E-state index contributed by atoms with van der Waals surface area (Å²) in [6, 6.07) is 60.4. The van der Waals surface area contributed by atoms with E-state index in [1.54, 1.807) is 16.7 Å². The molecule has 0 aliphatic heterocycles. The van der Waals surface area contributed by atoms with E-state index in [-0.39, 0.29) is 16.2 Å². The van der Waals surface area contributed by atoms with E-state index >= 15 is 0 Å². The summed E-state index contributed by atoms with van der Waals surface area (Å²) in [5.74, 6) is 0.373. The topological polar surface area (TPSA) is 3.24 Å². The minimum absolute atomic E-state index is 0.00842. The standard InChI is InChI=1S/C61H51N/c1-59(2)49-22-10-6-17-42(49)48-35-39(29-32-51(48)59)38-27-30-41(31-28-38)62(55-37-40-36-47(40)58-57(55)46-20-8-12-24-52(46)61(58)33-14-5-15-34-61)54-26-13-9-18-43(54)44-21-16-25-53-56(44)45-19-7-11-23-50(45)60(53,3)4/h6-13,16-32,35-37,40H,5,14-15,33-34H2,1-4H3/t40-/m1/s1. The molecule has 1 nitrogen and oxygen atoms in total. The molecule has 300 valence electrons. The molecule has 13 rings (SSSR count). The Morgan fingerprint density at radius 1 is 0.452 bits per heavy atom. The van der Waals surface area contributed by atoms with Crippen LogP contribution in [0.4, 0.5) is 11.4 Å². The molecule has 0 radical (unpaired) electrons. The summed E-state index contributed by atoms with van der Waals surface area (Å²) in [6.45, 7) is 9.51. The van der Waals surface area contributed by atoms with Gasteiger partial charge in [0, 0.05) is 39.0 Å². The SMILES string of the molecule is CC1(C)c2ccccc2-c2cc(-c3ccc(N(C4=C[C@H]5C=C5C5=C4c4ccccc4C54CCCCC4)c4ccccc4-c4cccc5c4-c4ccccc4C5(C)C)cc3)ccc21. The molecule has 1 fully saturated rings. The van der Waals surface area contributed by atoms with Gasteiger partial charge in [-0.05, 0) is 127 Å². The smallest absolute Gasteiger partial charge is 0.0540 e. The molecule has 1 spiro atoms. The average molecular weight is 798 g/mol. The Bertz CT molecular complexity index is 3160. The normalized spacial score (nSPS) is 19.6. The van der Waals surface area contributed by atoms with E-state index in [2.05, 4.69) is 202 Å². The van der Waals surface area contributed by atoms with Crippen molar-refractivity contribution in [2.45, 2.75) is 76.0 Å². The van der Waals surface area contributed by atoms with Gasteiger partial charge in [-0.2, -0.15) is 0 Å². The summed E-state index contributed by atoms with van der Waals surface area (Å²) >= 11 is 0. The molecule has 6 aliphatic carbocycles. The van der Waals surface area contributed by atoms with Crippen LogP contribution in [-0.2, 0) is 16.2 Å². The quantitative estimate of drug-likeness (QED) is 0.168. The van der Waals surface area contributed by atoms with Crippen LogP contribution in [0.3, 0.4) is 0 Å². The molecule has 0 unspecified atom stereocenters. The highest BCUT2D eigenvalue weighted by molar-refractivity contribution is 6.03. The predicted molar refractivity (Wildman–Crippen MR) is 259 cm³/mol. The van der Waals surface area contributed by atoms with Gasteiger partial charge in [0.15, 0.2) is 0 Å². The van der Waals surface area contributed by atoms with Gasteiger partial charge >= 0.3 is 0 Å². The summed E-state index contributed by atoms with van der Waals surface area (Å²) < 4.78 is 0. The van der Waals surface area contributed by atoms with Crippen molar-refractivity contribution in [1.29, 1.82) is 0 Å². The Kier molecular flexibility index (Phi) is 7.48. The van der Waals surface area contributed by atoms with E-state index in [9.17, 15) is 0 Å². The van der Waals surface area contributed by atoms with Gasteiger partial charge in [0.2, 0.25) is 0 Å². The summed E-state index contributed by atoms with van der Waals surface area (Å²) in [5, 5.41) is 0. The Hall–Kier alpha value is -6.44. The fourth-order valence-electron chi connectivity index (χ4n) is 12.9. The number of fused-ring (bicyclic) bond motifs is 12. The van der Waals surface area contributed by atoms with E-state index in [4.69, 9.17) is 0 Å². The van der Waals surface area contributed by atoms with Gasteiger partial charge in [0.25, 0.3) is 0 Å². The van der Waals surface area contributed by atoms with E-state index in [0.717, 1.165) is 0 Å². The number of allylic oxidation sites excluding steroid dienone is 5. The molecule has 0 aromatic heterocycles. The zero-order chi connectivity index (χ0) is 41.5. The van der Waals surface area contributed by atoms with Crippen LogP contribution >= 0.6 is 0 Å². The zero-order valence-corrected chi connectivity index (χ0v) is 36.2. The molecule has 0 bridgehead atoms. The second-order valence-corrected chi connectivity index (χ2v) is 19.9. The van der Waals surface area contributed by atoms with E-state index in [1.807, 2.05) is 0 Å². The number of hydrogen-bond donors (Lipinski definition) is 0. The molecule has 0 amide bonds. The molecule has 0 saturated heterocycles. The first kappa shape index (κ1) is 36.2. The third kappa shape index (κ3) is 4.86. The summed E-state index contributed by atoms with van der Waals surface area (Å²) in [4.78, 5) is 2.64. The molecular weight excluding hydrogens is 747 g/mol. The number of para-hydroxylation sites is 1. The molecule has 1 atom stereocenters. The zero-order valence-electron chi connectivity index (χ0n) is 36.2. The van der Waals surface area contributed by atoms with Crippen molar-refractivity contribution in [3.63, 3.8) is 0 Å². The molecule has 62 heavy (non-hydrogen) atoms. The summed E-state index contributed by atoms with van der Waals surface area (Å²) in [5.41, 5.74) is 27.5. The lowest BCUT2D eigenvalue weighted by atomic mass is 9.65. The lowest BCUT2D eigenvalue weighted by Crippen LogP contribution is -2.30. The van der Waals surface area contributed by atoms with Crippen molar-refractivity contribution in [2.75, 3.05) is 4.90 Å². The largest absolute Gasteiger partial charge is 0.310 e. The Labute approximate surface area is 366 Å². The van der Waals surface area contributed by atoms with Crippen molar-refractivity contribution < 1.29 is 0 Å². The lowest BCUT2D eigenvalue weighted by Gasteiger charge is -2.39. The van der Waals surface area contributed by atoms with E-state index < -0.39 is 0 Å². The van der Waals surface area contributed by atoms with Crippen LogP contribution in [0.15, 0.2) is 187 Å². The van der Waals surface area contributed by atoms with Gasteiger partial charge in [0.1, 0.15) is 0 Å². The van der Waals surface area contributed by atoms with Crippen LogP contribution in [0.5, 0.6) is 0 Å². The number of anilines is 2. The van der Waals surface area contributed by atoms with Gasteiger partial charge in [-0.3, -0.25) is 0 Å². The van der Waals surface area contributed by atoms with E-state index in [0.29, 0.717) is 5.92 Å². The fourth-order valence-corrected chi connectivity index (χ4v) is 12.9. The average Bonchev–Trinajstić information content (AvgIpc) is 3.93. The molecule has 7 aromatic carbocycles. The summed E-state index contributed by atoms with van der Waals surface area (Å²) in [6.07, 6.45) is 11.5. The molecular formula is C61H51N. The van der Waals surface area contributed by atoms with Crippen LogP contribution in [0.2, 0.25) is 0 Å². The van der Waals surface area contributed by atoms with Crippen LogP contribution in [0, 0.1) is 5.92 Å². The Morgan fingerprint density at radius 2 is 1.03 bits per heavy atom. The fraction of sp³-hybridized carbons (Fsp3) is 0.213. The molecule has 7 aromatic rings. The second kappa shape index (κ2) is 12.8. The highest BCUT2D eigenvalue weighted by Gasteiger charge is 2.53. The summed E-state index contributed by atoms with van der Waals surface area (Å²) in [7, 11) is 0. The number of rotatable bonds is 5. The first-order chi connectivity index (χ1) is 30.3. The molecule has 1 heteroatoms. The van der Waals surface area contributed by atoms with Crippen LogP contribution in [-0.4, -0.2) is 0 Å². The number of hydrogen-bond acceptors (Lipinski definition) is 1. The van der Waals surface area contributed by atoms with Crippen molar-refractivity contribution in [3.05, 3.63) is 220 Å². The van der Waals surface area contributed by atoms with Crippen LogP contribution < -0.4 is 4.90 Å². The second-order valence-electron chi connectivity index (χ2n) is 19.9. The highest BCUT2D eigenvalue weighted by atomic mass is 15.2. The third-order valence-electron chi connectivity index (χ3n) is 16.0.